The first-order chi connectivity index (χ1) is 9.65. The van der Waals surface area contributed by atoms with Crippen LogP contribution in [-0.4, -0.2) is 25.5 Å². The molecule has 0 aliphatic carbocycles. The van der Waals surface area contributed by atoms with Crippen LogP contribution in [0.15, 0.2) is 54.6 Å². The third-order valence-corrected chi connectivity index (χ3v) is 3.41. The number of nitrogens with one attached hydrogen (secondary N) is 1. The van der Waals surface area contributed by atoms with Crippen molar-refractivity contribution in [1.29, 1.82) is 0 Å². The lowest BCUT2D eigenvalue weighted by Gasteiger charge is -2.15. The van der Waals surface area contributed by atoms with Crippen molar-refractivity contribution in [3.8, 4) is 0 Å². The average Bonchev–Trinajstić information content (AvgIpc) is 2.45. The number of benzene rings is 2. The van der Waals surface area contributed by atoms with Crippen molar-refractivity contribution in [1.82, 2.24) is 4.90 Å². The van der Waals surface area contributed by atoms with Gasteiger partial charge in [0.25, 0.3) is 0 Å². The normalized spacial score (nSPS) is 12.4. The Kier molecular flexibility index (Phi) is 5.19. The second-order valence-corrected chi connectivity index (χ2v) is 5.63. The second-order valence-electron chi connectivity index (χ2n) is 5.63. The molecule has 0 fully saturated rings. The van der Waals surface area contributed by atoms with E-state index in [4.69, 9.17) is 0 Å². The first-order valence-electron chi connectivity index (χ1n) is 7.17. The number of rotatable bonds is 6. The van der Waals surface area contributed by atoms with Gasteiger partial charge in [-0.2, -0.15) is 0 Å². The van der Waals surface area contributed by atoms with E-state index in [1.807, 2.05) is 0 Å². The fourth-order valence-corrected chi connectivity index (χ4v) is 2.32. The molecule has 1 N–H and O–H groups in total. The molecule has 0 aliphatic rings. The van der Waals surface area contributed by atoms with Crippen LogP contribution in [0.3, 0.4) is 0 Å². The Labute approximate surface area is 122 Å². The molecule has 2 rings (SSSR count). The fourth-order valence-electron chi connectivity index (χ4n) is 2.32. The second kappa shape index (κ2) is 7.11. The molecule has 0 saturated carbocycles. The van der Waals surface area contributed by atoms with Crippen molar-refractivity contribution in [3.63, 3.8) is 0 Å². The lowest BCUT2D eigenvalue weighted by molar-refractivity contribution is 0.402. The smallest absolute Gasteiger partial charge is 0.0343 e. The maximum absolute atomic E-state index is 3.54. The molecular weight excluding hydrogens is 244 g/mol. The summed E-state index contributed by atoms with van der Waals surface area (Å²) < 4.78 is 0. The highest BCUT2D eigenvalue weighted by atomic mass is 15.0. The molecule has 0 radical (unpaired) electrons. The Hall–Kier alpha value is -1.80. The average molecular weight is 268 g/mol. The number of anilines is 1. The van der Waals surface area contributed by atoms with Gasteiger partial charge >= 0.3 is 0 Å². The molecule has 20 heavy (non-hydrogen) atoms. The molecule has 0 heterocycles. The number of nitrogens with zero attached hydrogens (tertiary/aromatic N) is 1. The molecule has 0 aromatic heterocycles. The highest BCUT2D eigenvalue weighted by Crippen LogP contribution is 2.17. The molecule has 0 amide bonds. The minimum atomic E-state index is 0.508. The summed E-state index contributed by atoms with van der Waals surface area (Å²) >= 11 is 0. The zero-order chi connectivity index (χ0) is 14.4. The van der Waals surface area contributed by atoms with Gasteiger partial charge in [-0.05, 0) is 43.3 Å². The van der Waals surface area contributed by atoms with Crippen LogP contribution in [0.5, 0.6) is 0 Å². The minimum absolute atomic E-state index is 0.508. The Morgan fingerprint density at radius 1 is 1.00 bits per heavy atom. The van der Waals surface area contributed by atoms with E-state index in [2.05, 4.69) is 85.8 Å². The summed E-state index contributed by atoms with van der Waals surface area (Å²) in [6, 6.07) is 19.3. The van der Waals surface area contributed by atoms with Gasteiger partial charge in [-0.1, -0.05) is 49.4 Å². The lowest BCUT2D eigenvalue weighted by atomic mass is 10.0. The van der Waals surface area contributed by atoms with Gasteiger partial charge in [0.05, 0.1) is 0 Å². The van der Waals surface area contributed by atoms with Gasteiger partial charge in [-0.25, -0.2) is 0 Å². The monoisotopic (exact) mass is 268 g/mol. The standard InChI is InChI=1S/C18H24N2/c1-15(17-9-5-4-6-10-17)13-19-18-11-7-8-16(12-18)14-20(2)3/h4-12,15,19H,13-14H2,1-3H3. The summed E-state index contributed by atoms with van der Waals surface area (Å²) in [5.41, 5.74) is 3.92. The SMILES string of the molecule is CC(CNc1cccc(CN(C)C)c1)c1ccccc1. The van der Waals surface area contributed by atoms with Crippen LogP contribution in [0.25, 0.3) is 0 Å². The van der Waals surface area contributed by atoms with E-state index in [9.17, 15) is 0 Å². The molecule has 2 heteroatoms. The van der Waals surface area contributed by atoms with Crippen LogP contribution in [0.2, 0.25) is 0 Å². The third kappa shape index (κ3) is 4.39. The van der Waals surface area contributed by atoms with Crippen molar-refractivity contribution in [2.45, 2.75) is 19.4 Å². The quantitative estimate of drug-likeness (QED) is 0.853. The summed E-state index contributed by atoms with van der Waals surface area (Å²) in [4.78, 5) is 2.19. The topological polar surface area (TPSA) is 15.3 Å². The summed E-state index contributed by atoms with van der Waals surface area (Å²) in [5.74, 6) is 0.508. The molecule has 0 spiro atoms. The van der Waals surface area contributed by atoms with Crippen LogP contribution in [0.1, 0.15) is 24.0 Å². The Morgan fingerprint density at radius 2 is 1.75 bits per heavy atom. The van der Waals surface area contributed by atoms with Crippen LogP contribution < -0.4 is 5.32 Å². The predicted molar refractivity (Wildman–Crippen MR) is 87.2 cm³/mol. The van der Waals surface area contributed by atoms with Gasteiger partial charge < -0.3 is 10.2 Å². The van der Waals surface area contributed by atoms with Gasteiger partial charge in [-0.15, -0.1) is 0 Å². The van der Waals surface area contributed by atoms with Gasteiger partial charge in [-0.3, -0.25) is 0 Å². The van der Waals surface area contributed by atoms with Gasteiger partial charge in [0, 0.05) is 18.8 Å². The summed E-state index contributed by atoms with van der Waals surface area (Å²) in [5, 5.41) is 3.54. The van der Waals surface area contributed by atoms with Crippen molar-refractivity contribution in [2.24, 2.45) is 0 Å². The zero-order valence-corrected chi connectivity index (χ0v) is 12.6. The first-order valence-corrected chi connectivity index (χ1v) is 7.17. The lowest BCUT2D eigenvalue weighted by Crippen LogP contribution is -2.12. The van der Waals surface area contributed by atoms with Crippen LogP contribution in [0, 0.1) is 0 Å². The Bertz CT molecular complexity index is 520. The largest absolute Gasteiger partial charge is 0.384 e. The summed E-state index contributed by atoms with van der Waals surface area (Å²) in [6.07, 6.45) is 0. The number of hydrogen-bond donors (Lipinski definition) is 1. The minimum Gasteiger partial charge on any atom is -0.384 e. The zero-order valence-electron chi connectivity index (χ0n) is 12.6. The van der Waals surface area contributed by atoms with E-state index in [1.165, 1.54) is 16.8 Å². The van der Waals surface area contributed by atoms with Gasteiger partial charge in [0.1, 0.15) is 0 Å². The number of hydrogen-bond acceptors (Lipinski definition) is 2. The van der Waals surface area contributed by atoms with Crippen LogP contribution in [0.4, 0.5) is 5.69 Å². The molecular formula is C18H24N2. The predicted octanol–water partition coefficient (Wildman–Crippen LogP) is 3.96. The van der Waals surface area contributed by atoms with Gasteiger partial charge in [0.2, 0.25) is 0 Å². The van der Waals surface area contributed by atoms with E-state index in [1.54, 1.807) is 0 Å². The van der Waals surface area contributed by atoms with E-state index < -0.39 is 0 Å². The molecule has 1 unspecified atom stereocenters. The molecule has 2 aromatic rings. The van der Waals surface area contributed by atoms with Crippen LogP contribution in [-0.2, 0) is 6.54 Å². The van der Waals surface area contributed by atoms with Crippen LogP contribution >= 0.6 is 0 Å². The molecule has 0 bridgehead atoms. The van der Waals surface area contributed by atoms with E-state index in [0.717, 1.165) is 13.1 Å². The summed E-state index contributed by atoms with van der Waals surface area (Å²) in [6.45, 7) is 4.19. The Balaban J connectivity index is 1.94. The first kappa shape index (κ1) is 14.6. The fraction of sp³-hybridized carbons (Fsp3) is 0.333. The van der Waals surface area contributed by atoms with Crippen molar-refractivity contribution < 1.29 is 0 Å². The highest BCUT2D eigenvalue weighted by molar-refractivity contribution is 5.46. The van der Waals surface area contributed by atoms with E-state index >= 15 is 0 Å². The summed E-state index contributed by atoms with van der Waals surface area (Å²) in [7, 11) is 4.19. The molecule has 0 saturated heterocycles. The molecule has 106 valence electrons. The van der Waals surface area contributed by atoms with E-state index in [0.29, 0.717) is 5.92 Å². The van der Waals surface area contributed by atoms with Crippen molar-refractivity contribution in [2.75, 3.05) is 26.0 Å². The molecule has 2 nitrogen and oxygen atoms in total. The van der Waals surface area contributed by atoms with Crippen molar-refractivity contribution in [3.05, 3.63) is 65.7 Å². The van der Waals surface area contributed by atoms with Crippen molar-refractivity contribution >= 4 is 5.69 Å². The third-order valence-electron chi connectivity index (χ3n) is 3.41. The van der Waals surface area contributed by atoms with E-state index in [-0.39, 0.29) is 0 Å². The molecule has 0 aliphatic heterocycles. The Morgan fingerprint density at radius 3 is 2.45 bits per heavy atom. The maximum atomic E-state index is 3.54. The highest BCUT2D eigenvalue weighted by Gasteiger charge is 2.04. The maximum Gasteiger partial charge on any atom is 0.0343 e. The molecule has 1 atom stereocenters. The van der Waals surface area contributed by atoms with Gasteiger partial charge in [0.15, 0.2) is 0 Å². The molecule has 2 aromatic carbocycles.